The molecule has 0 rings (SSSR count). The second kappa shape index (κ2) is 7.69. The van der Waals surface area contributed by atoms with Crippen molar-refractivity contribution in [2.75, 3.05) is 0 Å². The van der Waals surface area contributed by atoms with Crippen molar-refractivity contribution in [2.45, 2.75) is 45.4 Å². The van der Waals surface area contributed by atoms with Gasteiger partial charge in [-0.15, -0.1) is 0 Å². The van der Waals surface area contributed by atoms with Gasteiger partial charge < -0.3 is 10.7 Å². The molecule has 1 amide bonds. The maximum atomic E-state index is 10.5. The summed E-state index contributed by atoms with van der Waals surface area (Å²) in [5.74, 6) is -0.263. The average Bonchev–Trinajstić information content (AvgIpc) is 2.04. The van der Waals surface area contributed by atoms with Crippen molar-refractivity contribution in [3.8, 4) is 0 Å². The lowest BCUT2D eigenvalue weighted by Gasteiger charge is -1.99. The Morgan fingerprint density at radius 3 is 2.45 bits per heavy atom. The van der Waals surface area contributed by atoms with Gasteiger partial charge in [0.15, 0.2) is 0 Å². The molecule has 0 saturated heterocycles. The number of amides is 1. The van der Waals surface area contributed by atoms with Crippen molar-refractivity contribution in [1.29, 1.82) is 0 Å². The Morgan fingerprint density at radius 2 is 1.91 bits per heavy atom. The molecule has 0 aromatic carbocycles. The SMILES string of the molecule is CCCCCCCC(=O)[NH2+][O-]. The second-order valence-corrected chi connectivity index (χ2v) is 2.75. The van der Waals surface area contributed by atoms with Crippen LogP contribution < -0.4 is 5.48 Å². The number of hydroxylamine groups is 1. The molecule has 0 bridgehead atoms. The summed E-state index contributed by atoms with van der Waals surface area (Å²) >= 11 is 0. The number of quaternary nitrogens is 1. The van der Waals surface area contributed by atoms with Crippen molar-refractivity contribution in [2.24, 2.45) is 0 Å². The molecular weight excluding hydrogens is 142 g/mol. The van der Waals surface area contributed by atoms with Crippen LogP contribution in [0, 0.1) is 5.21 Å². The van der Waals surface area contributed by atoms with Gasteiger partial charge in [-0.3, -0.25) is 0 Å². The first-order chi connectivity index (χ1) is 5.31. The number of hydrogen-bond donors (Lipinski definition) is 1. The number of nitrogens with two attached hydrogens (primary N) is 1. The van der Waals surface area contributed by atoms with Crippen molar-refractivity contribution in [3.63, 3.8) is 0 Å². The van der Waals surface area contributed by atoms with Crippen LogP contribution in [-0.4, -0.2) is 5.91 Å². The Hall–Kier alpha value is -0.410. The third-order valence-corrected chi connectivity index (χ3v) is 1.66. The number of rotatable bonds is 6. The van der Waals surface area contributed by atoms with Crippen LogP contribution >= 0.6 is 0 Å². The Kier molecular flexibility index (Phi) is 7.41. The first-order valence-electron chi connectivity index (χ1n) is 4.29. The Labute approximate surface area is 67.8 Å². The molecule has 0 fully saturated rings. The largest absolute Gasteiger partial charge is 0.628 e. The molecule has 2 N–H and O–H groups in total. The minimum absolute atomic E-state index is 0.263. The smallest absolute Gasteiger partial charge is 0.310 e. The number of carbonyl (C=O) groups is 1. The van der Waals surface area contributed by atoms with E-state index < -0.39 is 0 Å². The number of hydrogen-bond acceptors (Lipinski definition) is 2. The van der Waals surface area contributed by atoms with E-state index in [2.05, 4.69) is 6.92 Å². The molecule has 0 unspecified atom stereocenters. The van der Waals surface area contributed by atoms with Crippen LogP contribution in [0.25, 0.3) is 0 Å². The van der Waals surface area contributed by atoms with Gasteiger partial charge >= 0.3 is 5.91 Å². The molecule has 0 aliphatic heterocycles. The molecule has 0 radical (unpaired) electrons. The lowest BCUT2D eigenvalue weighted by Crippen LogP contribution is -2.81. The second-order valence-electron chi connectivity index (χ2n) is 2.75. The topological polar surface area (TPSA) is 56.7 Å². The highest BCUT2D eigenvalue weighted by molar-refractivity contribution is 5.65. The fourth-order valence-electron chi connectivity index (χ4n) is 0.962. The van der Waals surface area contributed by atoms with Gasteiger partial charge in [-0.1, -0.05) is 32.6 Å². The van der Waals surface area contributed by atoms with Gasteiger partial charge in [0.25, 0.3) is 0 Å². The van der Waals surface area contributed by atoms with Crippen LogP contribution in [0.15, 0.2) is 0 Å². The minimum Gasteiger partial charge on any atom is -0.628 e. The highest BCUT2D eigenvalue weighted by Crippen LogP contribution is 2.03. The molecule has 3 heteroatoms. The van der Waals surface area contributed by atoms with Crippen molar-refractivity contribution in [1.82, 2.24) is 0 Å². The lowest BCUT2D eigenvalue weighted by molar-refractivity contribution is -0.500. The lowest BCUT2D eigenvalue weighted by atomic mass is 10.1. The van der Waals surface area contributed by atoms with Gasteiger partial charge in [0.05, 0.1) is 6.42 Å². The summed E-state index contributed by atoms with van der Waals surface area (Å²) in [5.41, 5.74) is 0.416. The maximum Gasteiger partial charge on any atom is 0.310 e. The van der Waals surface area contributed by atoms with E-state index in [1.54, 1.807) is 0 Å². The third-order valence-electron chi connectivity index (χ3n) is 1.66. The maximum absolute atomic E-state index is 10.5. The standard InChI is InChI=1S/C8H17NO2/c1-2-3-4-5-6-7-8(10)9-11/h2-7,9H2,1H3. The molecule has 3 nitrogen and oxygen atoms in total. The molecule has 0 aromatic rings. The average molecular weight is 159 g/mol. The Morgan fingerprint density at radius 1 is 1.27 bits per heavy atom. The monoisotopic (exact) mass is 159 g/mol. The van der Waals surface area contributed by atoms with Crippen LogP contribution in [0.4, 0.5) is 0 Å². The van der Waals surface area contributed by atoms with E-state index in [0.717, 1.165) is 12.8 Å². The zero-order valence-electron chi connectivity index (χ0n) is 7.14. The van der Waals surface area contributed by atoms with E-state index in [4.69, 9.17) is 0 Å². The molecule has 0 spiro atoms. The van der Waals surface area contributed by atoms with Gasteiger partial charge in [0.2, 0.25) is 0 Å². The van der Waals surface area contributed by atoms with E-state index in [9.17, 15) is 10.0 Å². The number of carbonyl (C=O) groups excluding carboxylic acids is 1. The van der Waals surface area contributed by atoms with Gasteiger partial charge in [0.1, 0.15) is 0 Å². The van der Waals surface area contributed by atoms with Crippen LogP contribution in [-0.2, 0) is 4.79 Å². The van der Waals surface area contributed by atoms with E-state index >= 15 is 0 Å². The van der Waals surface area contributed by atoms with Crippen molar-refractivity contribution in [3.05, 3.63) is 5.21 Å². The van der Waals surface area contributed by atoms with E-state index in [-0.39, 0.29) is 5.91 Å². The van der Waals surface area contributed by atoms with E-state index in [1.165, 1.54) is 19.3 Å². The molecule has 0 atom stereocenters. The molecule has 0 aliphatic rings. The summed E-state index contributed by atoms with van der Waals surface area (Å²) in [4.78, 5) is 10.5. The number of unbranched alkanes of at least 4 members (excludes halogenated alkanes) is 4. The van der Waals surface area contributed by atoms with Crippen LogP contribution in [0.5, 0.6) is 0 Å². The summed E-state index contributed by atoms with van der Waals surface area (Å²) in [6.45, 7) is 2.15. The van der Waals surface area contributed by atoms with Crippen LogP contribution in [0.2, 0.25) is 0 Å². The van der Waals surface area contributed by atoms with Gasteiger partial charge in [-0.2, -0.15) is 0 Å². The van der Waals surface area contributed by atoms with Crippen molar-refractivity contribution >= 4 is 5.91 Å². The molecular formula is C8H17NO2. The first kappa shape index (κ1) is 10.6. The minimum atomic E-state index is -0.263. The quantitative estimate of drug-likeness (QED) is 0.463. The summed E-state index contributed by atoms with van der Waals surface area (Å²) in [6.07, 6.45) is 6.01. The summed E-state index contributed by atoms with van der Waals surface area (Å²) in [5, 5.41) is 9.88. The Bertz CT molecular complexity index is 104. The van der Waals surface area contributed by atoms with Gasteiger partial charge in [0, 0.05) is 0 Å². The molecule has 0 saturated carbocycles. The third kappa shape index (κ3) is 7.49. The highest BCUT2D eigenvalue weighted by Gasteiger charge is 1.98. The summed E-state index contributed by atoms with van der Waals surface area (Å²) in [6, 6.07) is 0. The van der Waals surface area contributed by atoms with Crippen LogP contribution in [0.1, 0.15) is 45.4 Å². The predicted molar refractivity (Wildman–Crippen MR) is 43.7 cm³/mol. The normalized spacial score (nSPS) is 10.0. The predicted octanol–water partition coefficient (Wildman–Crippen LogP) is 0.935. The fourth-order valence-corrected chi connectivity index (χ4v) is 0.962. The molecule has 0 aromatic heterocycles. The summed E-state index contributed by atoms with van der Waals surface area (Å²) in [7, 11) is 0. The molecule has 11 heavy (non-hydrogen) atoms. The zero-order valence-corrected chi connectivity index (χ0v) is 7.14. The van der Waals surface area contributed by atoms with E-state index in [1.807, 2.05) is 0 Å². The Balaban J connectivity index is 2.95. The van der Waals surface area contributed by atoms with Gasteiger partial charge in [-0.05, 0) is 6.42 Å². The first-order valence-corrected chi connectivity index (χ1v) is 4.29. The fraction of sp³-hybridized carbons (Fsp3) is 0.875. The number of primary amides is 1. The zero-order chi connectivity index (χ0) is 8.53. The van der Waals surface area contributed by atoms with E-state index in [0.29, 0.717) is 11.9 Å². The summed E-state index contributed by atoms with van der Waals surface area (Å²) < 4.78 is 0. The molecule has 0 heterocycles. The molecule has 0 aliphatic carbocycles. The van der Waals surface area contributed by atoms with Gasteiger partial charge in [-0.25, -0.2) is 4.79 Å². The molecule has 66 valence electrons. The highest BCUT2D eigenvalue weighted by atomic mass is 16.5. The van der Waals surface area contributed by atoms with Crippen molar-refractivity contribution < 1.29 is 10.3 Å². The van der Waals surface area contributed by atoms with Crippen LogP contribution in [0.3, 0.4) is 0 Å².